The number of carbonyl (C=O) groups excluding carboxylic acids is 1. The van der Waals surface area contributed by atoms with Crippen molar-refractivity contribution in [3.8, 4) is 11.4 Å². The van der Waals surface area contributed by atoms with Gasteiger partial charge in [0.25, 0.3) is 5.91 Å². The maximum Gasteiger partial charge on any atom is 0.272 e. The molecule has 1 aliphatic heterocycles. The van der Waals surface area contributed by atoms with Crippen molar-refractivity contribution in [1.29, 1.82) is 0 Å². The molecule has 2 aromatic rings. The Bertz CT molecular complexity index is 711. The van der Waals surface area contributed by atoms with Crippen molar-refractivity contribution in [3.05, 3.63) is 42.1 Å². The number of amides is 1. The molecule has 3 rings (SSSR count). The Labute approximate surface area is 148 Å². The van der Waals surface area contributed by atoms with Crippen LogP contribution in [0.4, 0.5) is 5.82 Å². The molecular weight excluding hydrogens is 316 g/mol. The van der Waals surface area contributed by atoms with Crippen molar-refractivity contribution in [1.82, 2.24) is 14.9 Å². The molecule has 132 valence electrons. The third-order valence-corrected chi connectivity index (χ3v) is 4.35. The van der Waals surface area contributed by atoms with E-state index in [0.717, 1.165) is 24.5 Å². The predicted molar refractivity (Wildman–Crippen MR) is 97.8 cm³/mol. The fourth-order valence-electron chi connectivity index (χ4n) is 2.90. The lowest BCUT2D eigenvalue weighted by Crippen LogP contribution is -2.41. The Hall–Kier alpha value is -2.47. The van der Waals surface area contributed by atoms with Gasteiger partial charge in [-0.05, 0) is 13.8 Å². The van der Waals surface area contributed by atoms with Gasteiger partial charge in [-0.2, -0.15) is 0 Å². The van der Waals surface area contributed by atoms with Crippen molar-refractivity contribution in [3.63, 3.8) is 0 Å². The molecule has 1 saturated heterocycles. The van der Waals surface area contributed by atoms with Gasteiger partial charge in [0.1, 0.15) is 11.5 Å². The van der Waals surface area contributed by atoms with Gasteiger partial charge in [0, 0.05) is 37.8 Å². The second-order valence-electron chi connectivity index (χ2n) is 5.88. The van der Waals surface area contributed by atoms with Gasteiger partial charge in [-0.3, -0.25) is 4.79 Å². The largest absolute Gasteiger partial charge is 0.378 e. The minimum atomic E-state index is -0.0590. The number of benzene rings is 1. The first kappa shape index (κ1) is 17.4. The quantitative estimate of drug-likeness (QED) is 0.837. The molecule has 1 aliphatic rings. The molecule has 0 saturated carbocycles. The molecule has 0 N–H and O–H groups in total. The van der Waals surface area contributed by atoms with E-state index in [1.54, 1.807) is 11.0 Å². The van der Waals surface area contributed by atoms with Gasteiger partial charge < -0.3 is 14.5 Å². The van der Waals surface area contributed by atoms with Gasteiger partial charge >= 0.3 is 0 Å². The van der Waals surface area contributed by atoms with Crippen LogP contribution in [0.1, 0.15) is 24.3 Å². The minimum Gasteiger partial charge on any atom is -0.378 e. The highest BCUT2D eigenvalue weighted by atomic mass is 16.5. The maximum atomic E-state index is 12.9. The molecular formula is C19H24N4O2. The first-order valence-corrected chi connectivity index (χ1v) is 8.79. The summed E-state index contributed by atoms with van der Waals surface area (Å²) in [4.78, 5) is 26.1. The van der Waals surface area contributed by atoms with Gasteiger partial charge in [-0.25, -0.2) is 9.97 Å². The van der Waals surface area contributed by atoms with E-state index in [1.165, 1.54) is 0 Å². The first-order chi connectivity index (χ1) is 12.2. The SMILES string of the molecule is CCN(CC)c1cc(C(=O)N2CCOCC2)nc(-c2ccccc2)n1. The van der Waals surface area contributed by atoms with Gasteiger partial charge in [0.05, 0.1) is 13.2 Å². The topological polar surface area (TPSA) is 58.6 Å². The number of aromatic nitrogens is 2. The summed E-state index contributed by atoms with van der Waals surface area (Å²) >= 11 is 0. The zero-order valence-corrected chi connectivity index (χ0v) is 14.8. The molecule has 1 aromatic carbocycles. The molecule has 1 aromatic heterocycles. The van der Waals surface area contributed by atoms with E-state index in [2.05, 4.69) is 23.7 Å². The summed E-state index contributed by atoms with van der Waals surface area (Å²) < 4.78 is 5.34. The molecule has 0 radical (unpaired) electrons. The second kappa shape index (κ2) is 8.07. The van der Waals surface area contributed by atoms with Crippen LogP contribution in [-0.4, -0.2) is 60.2 Å². The van der Waals surface area contributed by atoms with E-state index >= 15 is 0 Å². The number of ether oxygens (including phenoxy) is 1. The molecule has 0 unspecified atom stereocenters. The van der Waals surface area contributed by atoms with Crippen molar-refractivity contribution >= 4 is 11.7 Å². The predicted octanol–water partition coefficient (Wildman–Crippen LogP) is 2.46. The molecule has 25 heavy (non-hydrogen) atoms. The lowest BCUT2D eigenvalue weighted by molar-refractivity contribution is 0.0299. The molecule has 1 fully saturated rings. The Morgan fingerprint density at radius 3 is 2.44 bits per heavy atom. The molecule has 6 nitrogen and oxygen atoms in total. The lowest BCUT2D eigenvalue weighted by atomic mass is 10.2. The molecule has 0 atom stereocenters. The third kappa shape index (κ3) is 3.96. The van der Waals surface area contributed by atoms with Gasteiger partial charge in [0.2, 0.25) is 0 Å². The van der Waals surface area contributed by atoms with Crippen molar-refractivity contribution in [2.24, 2.45) is 0 Å². The van der Waals surface area contributed by atoms with Gasteiger partial charge in [-0.1, -0.05) is 30.3 Å². The first-order valence-electron chi connectivity index (χ1n) is 8.79. The standard InChI is InChI=1S/C19H24N4O2/c1-3-22(4-2)17-14-16(19(24)23-10-12-25-13-11-23)20-18(21-17)15-8-6-5-7-9-15/h5-9,14H,3-4,10-13H2,1-2H3. The van der Waals surface area contributed by atoms with E-state index in [1.807, 2.05) is 30.3 Å². The smallest absolute Gasteiger partial charge is 0.272 e. The molecule has 0 aliphatic carbocycles. The molecule has 6 heteroatoms. The Morgan fingerprint density at radius 1 is 1.12 bits per heavy atom. The number of rotatable bonds is 5. The fraction of sp³-hybridized carbons (Fsp3) is 0.421. The van der Waals surface area contributed by atoms with E-state index in [0.29, 0.717) is 37.8 Å². The van der Waals surface area contributed by atoms with E-state index in [9.17, 15) is 4.79 Å². The van der Waals surface area contributed by atoms with E-state index in [4.69, 9.17) is 9.72 Å². The summed E-state index contributed by atoms with van der Waals surface area (Å²) in [5.74, 6) is 1.31. The highest BCUT2D eigenvalue weighted by molar-refractivity contribution is 5.93. The number of anilines is 1. The van der Waals surface area contributed by atoms with E-state index in [-0.39, 0.29) is 5.91 Å². The van der Waals surface area contributed by atoms with Crippen LogP contribution in [0, 0.1) is 0 Å². The summed E-state index contributed by atoms with van der Waals surface area (Å²) in [6.07, 6.45) is 0. The Kier molecular flexibility index (Phi) is 5.60. The zero-order chi connectivity index (χ0) is 17.6. The summed E-state index contributed by atoms with van der Waals surface area (Å²) in [7, 11) is 0. The highest BCUT2D eigenvalue weighted by Gasteiger charge is 2.22. The van der Waals surface area contributed by atoms with Crippen molar-refractivity contribution < 1.29 is 9.53 Å². The Morgan fingerprint density at radius 2 is 1.80 bits per heavy atom. The third-order valence-electron chi connectivity index (χ3n) is 4.35. The van der Waals surface area contributed by atoms with Gasteiger partial charge in [-0.15, -0.1) is 0 Å². The summed E-state index contributed by atoms with van der Waals surface area (Å²) in [6, 6.07) is 11.6. The monoisotopic (exact) mass is 340 g/mol. The maximum absolute atomic E-state index is 12.9. The molecule has 1 amide bonds. The number of hydrogen-bond donors (Lipinski definition) is 0. The molecule has 0 bridgehead atoms. The second-order valence-corrected chi connectivity index (χ2v) is 5.88. The number of carbonyl (C=O) groups is 1. The number of hydrogen-bond acceptors (Lipinski definition) is 5. The molecule has 2 heterocycles. The van der Waals surface area contributed by atoms with Crippen LogP contribution in [-0.2, 0) is 4.74 Å². The van der Waals surface area contributed by atoms with Crippen LogP contribution in [0.5, 0.6) is 0 Å². The number of nitrogens with zero attached hydrogens (tertiary/aromatic N) is 4. The van der Waals surface area contributed by atoms with E-state index < -0.39 is 0 Å². The summed E-state index contributed by atoms with van der Waals surface area (Å²) in [6.45, 7) is 8.17. The van der Waals surface area contributed by atoms with Crippen molar-refractivity contribution in [2.45, 2.75) is 13.8 Å². The van der Waals surface area contributed by atoms with Crippen LogP contribution < -0.4 is 4.90 Å². The lowest BCUT2D eigenvalue weighted by Gasteiger charge is -2.27. The van der Waals surface area contributed by atoms with Crippen LogP contribution in [0.3, 0.4) is 0 Å². The van der Waals surface area contributed by atoms with Crippen LogP contribution in [0.25, 0.3) is 11.4 Å². The molecule has 0 spiro atoms. The van der Waals surface area contributed by atoms with Crippen LogP contribution in [0.2, 0.25) is 0 Å². The zero-order valence-electron chi connectivity index (χ0n) is 14.8. The van der Waals surface area contributed by atoms with Gasteiger partial charge in [0.15, 0.2) is 5.82 Å². The fourth-order valence-corrected chi connectivity index (χ4v) is 2.90. The Balaban J connectivity index is 2.01. The van der Waals surface area contributed by atoms with Crippen LogP contribution >= 0.6 is 0 Å². The minimum absolute atomic E-state index is 0.0590. The number of morpholine rings is 1. The average Bonchev–Trinajstić information content (AvgIpc) is 2.69. The summed E-state index contributed by atoms with van der Waals surface area (Å²) in [5, 5.41) is 0. The summed E-state index contributed by atoms with van der Waals surface area (Å²) in [5.41, 5.74) is 1.35. The average molecular weight is 340 g/mol. The normalized spacial score (nSPS) is 14.4. The van der Waals surface area contributed by atoms with Crippen molar-refractivity contribution in [2.75, 3.05) is 44.3 Å². The highest BCUT2D eigenvalue weighted by Crippen LogP contribution is 2.21. The van der Waals surface area contributed by atoms with Crippen LogP contribution in [0.15, 0.2) is 36.4 Å².